The molecule has 0 spiro atoms. The molecule has 0 bridgehead atoms. The molecule has 0 saturated heterocycles. The molecule has 2 heterocycles. The van der Waals surface area contributed by atoms with Crippen molar-refractivity contribution in [2.75, 3.05) is 7.11 Å². The van der Waals surface area contributed by atoms with Crippen LogP contribution in [0.5, 0.6) is 5.75 Å². The summed E-state index contributed by atoms with van der Waals surface area (Å²) < 4.78 is 8.49. The van der Waals surface area contributed by atoms with Crippen molar-refractivity contribution >= 4 is 26.8 Å². The van der Waals surface area contributed by atoms with E-state index in [0.29, 0.717) is 0 Å². The highest BCUT2D eigenvalue weighted by molar-refractivity contribution is 9.10. The fraction of sp³-hybridized carbons (Fsp3) is 0.150. The van der Waals surface area contributed by atoms with E-state index in [9.17, 15) is 0 Å². The fourth-order valence-corrected chi connectivity index (χ4v) is 3.44. The minimum absolute atomic E-state index is 0.880. The number of imidazole rings is 1. The molecule has 0 aliphatic rings. The minimum atomic E-state index is 0.880. The molecule has 1 N–H and O–H groups in total. The number of rotatable bonds is 5. The summed E-state index contributed by atoms with van der Waals surface area (Å²) in [7, 11) is 1.69. The van der Waals surface area contributed by atoms with Crippen LogP contribution < -0.4 is 4.74 Å². The summed E-state index contributed by atoms with van der Waals surface area (Å²) in [4.78, 5) is 7.71. The molecule has 4 nitrogen and oxygen atoms in total. The number of ether oxygens (including phenoxy) is 1. The smallest absolute Gasteiger partial charge is 0.118 e. The predicted molar refractivity (Wildman–Crippen MR) is 104 cm³/mol. The van der Waals surface area contributed by atoms with E-state index in [1.807, 2.05) is 24.7 Å². The first kappa shape index (κ1) is 16.0. The fourth-order valence-electron chi connectivity index (χ4n) is 3.08. The van der Waals surface area contributed by atoms with Gasteiger partial charge in [0.1, 0.15) is 5.75 Å². The Kier molecular flexibility index (Phi) is 4.32. The van der Waals surface area contributed by atoms with Crippen molar-refractivity contribution in [3.05, 3.63) is 71.2 Å². The van der Waals surface area contributed by atoms with Crippen molar-refractivity contribution in [1.82, 2.24) is 14.5 Å². The van der Waals surface area contributed by atoms with Crippen LogP contribution in [-0.4, -0.2) is 21.6 Å². The van der Waals surface area contributed by atoms with Crippen molar-refractivity contribution in [3.8, 4) is 17.0 Å². The van der Waals surface area contributed by atoms with Crippen LogP contribution in [0.3, 0.4) is 0 Å². The Morgan fingerprint density at radius 3 is 2.80 bits per heavy atom. The average molecular weight is 396 g/mol. The van der Waals surface area contributed by atoms with Gasteiger partial charge in [-0.1, -0.05) is 34.1 Å². The molecule has 0 saturated carbocycles. The molecule has 126 valence electrons. The van der Waals surface area contributed by atoms with Gasteiger partial charge in [-0.15, -0.1) is 0 Å². The zero-order valence-electron chi connectivity index (χ0n) is 13.9. The van der Waals surface area contributed by atoms with Gasteiger partial charge in [0.05, 0.1) is 25.3 Å². The second-order valence-corrected chi connectivity index (χ2v) is 6.88. The van der Waals surface area contributed by atoms with Gasteiger partial charge < -0.3 is 14.3 Å². The molecule has 2 aromatic carbocycles. The maximum atomic E-state index is 5.21. The molecule has 0 fully saturated rings. The molecule has 0 unspecified atom stereocenters. The maximum Gasteiger partial charge on any atom is 0.118 e. The number of aromatic amines is 1. The number of benzene rings is 2. The van der Waals surface area contributed by atoms with E-state index in [4.69, 9.17) is 4.74 Å². The van der Waals surface area contributed by atoms with Crippen LogP contribution in [0, 0.1) is 0 Å². The van der Waals surface area contributed by atoms with Gasteiger partial charge in [-0.05, 0) is 36.2 Å². The number of methoxy groups -OCH3 is 1. The van der Waals surface area contributed by atoms with Gasteiger partial charge in [0, 0.05) is 33.7 Å². The summed E-state index contributed by atoms with van der Waals surface area (Å²) in [5.41, 5.74) is 4.70. The van der Waals surface area contributed by atoms with Gasteiger partial charge in [-0.2, -0.15) is 0 Å². The Labute approximate surface area is 154 Å². The number of H-pyrrole nitrogens is 1. The van der Waals surface area contributed by atoms with Crippen LogP contribution in [0.1, 0.15) is 5.56 Å². The molecule has 25 heavy (non-hydrogen) atoms. The number of hydrogen-bond donors (Lipinski definition) is 1. The maximum absolute atomic E-state index is 5.21. The third-order valence-corrected chi connectivity index (χ3v) is 4.93. The zero-order valence-corrected chi connectivity index (χ0v) is 15.5. The SMILES string of the molecule is COc1ccc(CCn2cncc2-c2c[nH]c3cc(Br)ccc23)cc1. The third kappa shape index (κ3) is 3.20. The van der Waals surface area contributed by atoms with Gasteiger partial charge in [-0.3, -0.25) is 0 Å². The largest absolute Gasteiger partial charge is 0.497 e. The Morgan fingerprint density at radius 1 is 1.16 bits per heavy atom. The van der Waals surface area contributed by atoms with E-state index in [-0.39, 0.29) is 0 Å². The highest BCUT2D eigenvalue weighted by Gasteiger charge is 2.11. The summed E-state index contributed by atoms with van der Waals surface area (Å²) in [6.45, 7) is 0.880. The van der Waals surface area contributed by atoms with Gasteiger partial charge in [0.15, 0.2) is 0 Å². The first-order valence-electron chi connectivity index (χ1n) is 8.14. The summed E-state index contributed by atoms with van der Waals surface area (Å²) in [6.07, 6.45) is 6.83. The number of aryl methyl sites for hydroxylation is 2. The van der Waals surface area contributed by atoms with Crippen LogP contribution >= 0.6 is 15.9 Å². The molecule has 4 rings (SSSR count). The van der Waals surface area contributed by atoms with Gasteiger partial charge >= 0.3 is 0 Å². The van der Waals surface area contributed by atoms with Crippen LogP contribution in [0.25, 0.3) is 22.2 Å². The lowest BCUT2D eigenvalue weighted by molar-refractivity contribution is 0.414. The van der Waals surface area contributed by atoms with Crippen molar-refractivity contribution in [3.63, 3.8) is 0 Å². The quantitative estimate of drug-likeness (QED) is 0.513. The molecular weight excluding hydrogens is 378 g/mol. The number of nitrogens with one attached hydrogen (secondary N) is 1. The Bertz CT molecular complexity index is 1000. The molecule has 0 amide bonds. The Morgan fingerprint density at radius 2 is 2.00 bits per heavy atom. The normalized spacial score (nSPS) is 11.1. The van der Waals surface area contributed by atoms with Crippen molar-refractivity contribution < 1.29 is 4.74 Å². The van der Waals surface area contributed by atoms with Crippen molar-refractivity contribution in [1.29, 1.82) is 0 Å². The van der Waals surface area contributed by atoms with E-state index in [1.165, 1.54) is 16.5 Å². The highest BCUT2D eigenvalue weighted by atomic mass is 79.9. The van der Waals surface area contributed by atoms with Crippen molar-refractivity contribution in [2.24, 2.45) is 0 Å². The summed E-state index contributed by atoms with van der Waals surface area (Å²) in [6, 6.07) is 14.5. The highest BCUT2D eigenvalue weighted by Crippen LogP contribution is 2.30. The van der Waals surface area contributed by atoms with E-state index in [1.54, 1.807) is 7.11 Å². The molecule has 0 aliphatic carbocycles. The van der Waals surface area contributed by atoms with Crippen LogP contribution in [0.2, 0.25) is 0 Å². The Balaban J connectivity index is 1.59. The average Bonchev–Trinajstić information content (AvgIpc) is 3.26. The first-order chi connectivity index (χ1) is 12.2. The van der Waals surface area contributed by atoms with Gasteiger partial charge in [0.2, 0.25) is 0 Å². The first-order valence-corrected chi connectivity index (χ1v) is 8.94. The predicted octanol–water partition coefficient (Wildman–Crippen LogP) is 5.05. The number of aromatic nitrogens is 3. The van der Waals surface area contributed by atoms with Gasteiger partial charge in [0.25, 0.3) is 0 Å². The molecule has 0 atom stereocenters. The van der Waals surface area contributed by atoms with Gasteiger partial charge in [-0.25, -0.2) is 4.98 Å². The zero-order chi connectivity index (χ0) is 17.2. The van der Waals surface area contributed by atoms with Crippen molar-refractivity contribution in [2.45, 2.75) is 13.0 Å². The number of hydrogen-bond acceptors (Lipinski definition) is 2. The standard InChI is InChI=1S/C20H18BrN3O/c1-25-16-5-2-14(3-6-16)8-9-24-13-22-12-20(24)18-11-23-19-10-15(21)4-7-17(18)19/h2-7,10-13,23H,8-9H2,1H3. The van der Waals surface area contributed by atoms with Crippen LogP contribution in [0.4, 0.5) is 0 Å². The lowest BCUT2D eigenvalue weighted by Crippen LogP contribution is -2.01. The molecule has 0 radical (unpaired) electrons. The number of halogens is 1. The van der Waals surface area contributed by atoms with E-state index >= 15 is 0 Å². The molecule has 5 heteroatoms. The number of nitrogens with zero attached hydrogens (tertiary/aromatic N) is 2. The third-order valence-electron chi connectivity index (χ3n) is 4.43. The topological polar surface area (TPSA) is 42.8 Å². The van der Waals surface area contributed by atoms with E-state index in [0.717, 1.165) is 34.4 Å². The summed E-state index contributed by atoms with van der Waals surface area (Å²) >= 11 is 3.52. The van der Waals surface area contributed by atoms with Crippen LogP contribution in [0.15, 0.2) is 65.7 Å². The van der Waals surface area contributed by atoms with Crippen LogP contribution in [-0.2, 0) is 13.0 Å². The molecule has 4 aromatic rings. The minimum Gasteiger partial charge on any atom is -0.497 e. The second kappa shape index (κ2) is 6.76. The lowest BCUT2D eigenvalue weighted by Gasteiger charge is -2.08. The molecule has 2 aromatic heterocycles. The Hall–Kier alpha value is -2.53. The lowest BCUT2D eigenvalue weighted by atomic mass is 10.1. The van der Waals surface area contributed by atoms with E-state index in [2.05, 4.69) is 67.0 Å². The monoisotopic (exact) mass is 395 g/mol. The van der Waals surface area contributed by atoms with E-state index < -0.39 is 0 Å². The number of fused-ring (bicyclic) bond motifs is 1. The summed E-state index contributed by atoms with van der Waals surface area (Å²) in [5, 5.41) is 1.20. The molecule has 0 aliphatic heterocycles. The summed E-state index contributed by atoms with van der Waals surface area (Å²) in [5.74, 6) is 0.886. The molecular formula is C20H18BrN3O. The second-order valence-electron chi connectivity index (χ2n) is 5.96.